The van der Waals surface area contributed by atoms with Crippen molar-refractivity contribution in [3.05, 3.63) is 33.9 Å². The van der Waals surface area contributed by atoms with Crippen LogP contribution in [0.15, 0.2) is 17.1 Å². The van der Waals surface area contributed by atoms with E-state index in [0.717, 1.165) is 24.2 Å². The lowest BCUT2D eigenvalue weighted by atomic mass is 10.2. The second kappa shape index (κ2) is 4.76. The van der Waals surface area contributed by atoms with Gasteiger partial charge in [-0.25, -0.2) is 4.79 Å². The van der Waals surface area contributed by atoms with Crippen molar-refractivity contribution in [2.75, 3.05) is 18.0 Å². The molecule has 0 radical (unpaired) electrons. The summed E-state index contributed by atoms with van der Waals surface area (Å²) in [7, 11) is 0. The topological polar surface area (TPSA) is 50.5 Å². The van der Waals surface area contributed by atoms with Gasteiger partial charge < -0.3 is 4.90 Å². The van der Waals surface area contributed by atoms with Gasteiger partial charge >= 0.3 is 5.69 Å². The van der Waals surface area contributed by atoms with Gasteiger partial charge in [0.15, 0.2) is 0 Å². The maximum Gasteiger partial charge on any atom is 0.356 e. The molecule has 96 valence electrons. The number of anilines is 1. The Balaban J connectivity index is 2.73. The van der Waals surface area contributed by atoms with Crippen LogP contribution in [0, 0.1) is 13.8 Å². The van der Waals surface area contributed by atoms with Gasteiger partial charge in [0.1, 0.15) is 5.65 Å². The quantitative estimate of drug-likeness (QED) is 0.824. The standard InChI is InChI=1S/C13H18N4O/c1-5-16(6-2)12-14-11-10(4)7-9(3)8-17(11)13(18)15-12/h7-8H,5-6H2,1-4H3. The van der Waals surface area contributed by atoms with Gasteiger partial charge in [-0.15, -0.1) is 0 Å². The minimum atomic E-state index is -0.270. The Morgan fingerprint density at radius 2 is 1.89 bits per heavy atom. The molecular formula is C13H18N4O. The molecule has 5 heteroatoms. The van der Waals surface area contributed by atoms with Gasteiger partial charge in [-0.3, -0.25) is 4.40 Å². The summed E-state index contributed by atoms with van der Waals surface area (Å²) in [5.74, 6) is 0.511. The Bertz CT molecular complexity index is 629. The first-order valence-electron chi connectivity index (χ1n) is 6.19. The van der Waals surface area contributed by atoms with Crippen LogP contribution in [0.2, 0.25) is 0 Å². The smallest absolute Gasteiger partial charge is 0.341 e. The highest BCUT2D eigenvalue weighted by Gasteiger charge is 2.10. The van der Waals surface area contributed by atoms with Crippen LogP contribution >= 0.6 is 0 Å². The Morgan fingerprint density at radius 3 is 2.50 bits per heavy atom. The van der Waals surface area contributed by atoms with Crippen molar-refractivity contribution < 1.29 is 0 Å². The van der Waals surface area contributed by atoms with Crippen LogP contribution in [0.4, 0.5) is 5.95 Å². The van der Waals surface area contributed by atoms with E-state index in [4.69, 9.17) is 0 Å². The molecule has 5 nitrogen and oxygen atoms in total. The Hall–Kier alpha value is -1.91. The monoisotopic (exact) mass is 246 g/mol. The molecule has 2 rings (SSSR count). The van der Waals surface area contributed by atoms with E-state index in [2.05, 4.69) is 9.97 Å². The molecule has 2 aromatic rings. The SMILES string of the molecule is CCN(CC)c1nc(=O)n2cc(C)cc(C)c2n1. The van der Waals surface area contributed by atoms with Crippen molar-refractivity contribution in [3.63, 3.8) is 0 Å². The van der Waals surface area contributed by atoms with Gasteiger partial charge in [0.05, 0.1) is 0 Å². The van der Waals surface area contributed by atoms with Crippen LogP contribution in [0.3, 0.4) is 0 Å². The van der Waals surface area contributed by atoms with Gasteiger partial charge in [-0.1, -0.05) is 6.07 Å². The van der Waals surface area contributed by atoms with Crippen LogP contribution in [0.25, 0.3) is 5.65 Å². The molecule has 0 N–H and O–H groups in total. The molecule has 0 amide bonds. The van der Waals surface area contributed by atoms with Gasteiger partial charge in [-0.2, -0.15) is 9.97 Å². The number of aryl methyl sites for hydroxylation is 2. The fourth-order valence-electron chi connectivity index (χ4n) is 2.09. The number of rotatable bonds is 3. The number of aromatic nitrogens is 3. The fourth-order valence-corrected chi connectivity index (χ4v) is 2.09. The van der Waals surface area contributed by atoms with E-state index in [1.165, 1.54) is 4.40 Å². The first-order chi connectivity index (χ1) is 8.56. The highest BCUT2D eigenvalue weighted by molar-refractivity contribution is 5.51. The van der Waals surface area contributed by atoms with Gasteiger partial charge in [-0.05, 0) is 38.8 Å². The number of pyridine rings is 1. The lowest BCUT2D eigenvalue weighted by Crippen LogP contribution is -2.29. The van der Waals surface area contributed by atoms with Gasteiger partial charge in [0.2, 0.25) is 5.95 Å². The summed E-state index contributed by atoms with van der Waals surface area (Å²) >= 11 is 0. The summed E-state index contributed by atoms with van der Waals surface area (Å²) in [6.07, 6.45) is 1.77. The molecule has 0 aromatic carbocycles. The van der Waals surface area contributed by atoms with Crippen molar-refractivity contribution in [2.45, 2.75) is 27.7 Å². The molecule has 0 atom stereocenters. The van der Waals surface area contributed by atoms with E-state index in [1.807, 2.05) is 38.7 Å². The van der Waals surface area contributed by atoms with E-state index in [1.54, 1.807) is 6.20 Å². The third-order valence-corrected chi connectivity index (χ3v) is 3.01. The minimum Gasteiger partial charge on any atom is -0.341 e. The zero-order valence-electron chi connectivity index (χ0n) is 11.3. The van der Waals surface area contributed by atoms with Crippen LogP contribution in [-0.2, 0) is 0 Å². The van der Waals surface area contributed by atoms with E-state index in [0.29, 0.717) is 11.6 Å². The lowest BCUT2D eigenvalue weighted by Gasteiger charge is -2.18. The molecule has 0 aliphatic heterocycles. The lowest BCUT2D eigenvalue weighted by molar-refractivity contribution is 0.797. The highest BCUT2D eigenvalue weighted by atomic mass is 16.1. The third kappa shape index (κ3) is 2.08. The minimum absolute atomic E-state index is 0.270. The first-order valence-corrected chi connectivity index (χ1v) is 6.19. The number of nitrogens with zero attached hydrogens (tertiary/aromatic N) is 4. The second-order valence-electron chi connectivity index (χ2n) is 4.37. The van der Waals surface area contributed by atoms with E-state index in [-0.39, 0.29) is 5.69 Å². The summed E-state index contributed by atoms with van der Waals surface area (Å²) in [6, 6.07) is 2.02. The normalized spacial score (nSPS) is 10.9. The van der Waals surface area contributed by atoms with E-state index < -0.39 is 0 Å². The van der Waals surface area contributed by atoms with Crippen LogP contribution < -0.4 is 10.6 Å². The summed E-state index contributed by atoms with van der Waals surface area (Å²) in [4.78, 5) is 22.5. The van der Waals surface area contributed by atoms with Gasteiger partial charge in [0.25, 0.3) is 0 Å². The van der Waals surface area contributed by atoms with Crippen molar-refractivity contribution in [3.8, 4) is 0 Å². The Labute approximate surface area is 106 Å². The van der Waals surface area contributed by atoms with E-state index >= 15 is 0 Å². The maximum absolute atomic E-state index is 12.0. The summed E-state index contributed by atoms with van der Waals surface area (Å²) in [6.45, 7) is 9.54. The zero-order chi connectivity index (χ0) is 13.3. The zero-order valence-corrected chi connectivity index (χ0v) is 11.3. The number of fused-ring (bicyclic) bond motifs is 1. The average molecular weight is 246 g/mol. The molecule has 0 saturated heterocycles. The average Bonchev–Trinajstić information content (AvgIpc) is 2.32. The molecule has 2 aromatic heterocycles. The van der Waals surface area contributed by atoms with Gasteiger partial charge in [0, 0.05) is 19.3 Å². The molecule has 0 saturated carbocycles. The second-order valence-corrected chi connectivity index (χ2v) is 4.37. The maximum atomic E-state index is 12.0. The molecule has 0 bridgehead atoms. The predicted molar refractivity (Wildman–Crippen MR) is 72.3 cm³/mol. The van der Waals surface area contributed by atoms with Crippen LogP contribution in [-0.4, -0.2) is 27.5 Å². The molecule has 18 heavy (non-hydrogen) atoms. The largest absolute Gasteiger partial charge is 0.356 e. The summed E-state index contributed by atoms with van der Waals surface area (Å²) < 4.78 is 1.51. The Kier molecular flexibility index (Phi) is 3.32. The summed E-state index contributed by atoms with van der Waals surface area (Å²) in [5.41, 5.74) is 2.43. The molecule has 2 heterocycles. The molecule has 0 aliphatic carbocycles. The van der Waals surface area contributed by atoms with Crippen molar-refractivity contribution in [1.29, 1.82) is 0 Å². The molecule has 0 unspecified atom stereocenters. The van der Waals surface area contributed by atoms with Crippen molar-refractivity contribution >= 4 is 11.6 Å². The fraction of sp³-hybridized carbons (Fsp3) is 0.462. The molecule has 0 fully saturated rings. The number of hydrogen-bond donors (Lipinski definition) is 0. The first kappa shape index (κ1) is 12.5. The van der Waals surface area contributed by atoms with E-state index in [9.17, 15) is 4.79 Å². The molecular weight excluding hydrogens is 228 g/mol. The predicted octanol–water partition coefficient (Wildman–Crippen LogP) is 1.55. The Morgan fingerprint density at radius 1 is 1.22 bits per heavy atom. The summed E-state index contributed by atoms with van der Waals surface area (Å²) in [5, 5.41) is 0. The van der Waals surface area contributed by atoms with Crippen LogP contribution in [0.1, 0.15) is 25.0 Å². The van der Waals surface area contributed by atoms with Crippen molar-refractivity contribution in [2.24, 2.45) is 0 Å². The molecule has 0 spiro atoms. The van der Waals surface area contributed by atoms with Crippen molar-refractivity contribution in [1.82, 2.24) is 14.4 Å². The highest BCUT2D eigenvalue weighted by Crippen LogP contribution is 2.11. The molecule has 0 aliphatic rings. The number of hydrogen-bond acceptors (Lipinski definition) is 4. The third-order valence-electron chi connectivity index (χ3n) is 3.01. The van der Waals surface area contributed by atoms with Crippen LogP contribution in [0.5, 0.6) is 0 Å².